The molecule has 3 aromatic heterocycles. The first kappa shape index (κ1) is 27.5. The van der Waals surface area contributed by atoms with Crippen LogP contribution in [-0.2, 0) is 10.0 Å². The number of likely N-dealkylation sites (tertiary alicyclic amines) is 1. The molecule has 0 spiro atoms. The van der Waals surface area contributed by atoms with Crippen molar-refractivity contribution in [1.29, 1.82) is 5.26 Å². The Morgan fingerprint density at radius 2 is 1.90 bits per heavy atom. The van der Waals surface area contributed by atoms with Crippen LogP contribution >= 0.6 is 23.3 Å². The molecule has 11 nitrogen and oxygen atoms in total. The summed E-state index contributed by atoms with van der Waals surface area (Å²) in [4.78, 5) is 25.7. The summed E-state index contributed by atoms with van der Waals surface area (Å²) in [6.07, 6.45) is 6.56. The standard InChI is InChI=1S/C27H28N8O3S3/c1-16-4-6-21(7-5-16)41(37,38)35-9-8-22-23(19(12-28)13-29-24(22)35)33(2)20-10-17-14-34(15-18(17)11-20)27(36)31-25-30-26(39-3)32-40-25/h4-9,13,17-18,20H,10-11,14-15H2,1-3H3,(H,30,31,32,36)/t17-,18+,20?. The van der Waals surface area contributed by atoms with Gasteiger partial charge < -0.3 is 9.80 Å². The van der Waals surface area contributed by atoms with Crippen LogP contribution in [0.25, 0.3) is 11.0 Å². The number of hydrogen-bond donors (Lipinski definition) is 1. The number of pyridine rings is 1. The van der Waals surface area contributed by atoms with Crippen LogP contribution in [0.15, 0.2) is 52.8 Å². The summed E-state index contributed by atoms with van der Waals surface area (Å²) in [5, 5.41) is 14.5. The molecule has 4 aromatic rings. The van der Waals surface area contributed by atoms with Gasteiger partial charge in [0.2, 0.25) is 10.3 Å². The fourth-order valence-electron chi connectivity index (χ4n) is 5.98. The van der Waals surface area contributed by atoms with Crippen LogP contribution in [0.1, 0.15) is 24.0 Å². The van der Waals surface area contributed by atoms with Crippen LogP contribution in [0.3, 0.4) is 0 Å². The minimum Gasteiger partial charge on any atom is -0.370 e. The Balaban J connectivity index is 1.21. The zero-order chi connectivity index (χ0) is 28.9. The highest BCUT2D eigenvalue weighted by Crippen LogP contribution is 2.43. The topological polar surface area (TPSA) is 137 Å². The Bertz CT molecular complexity index is 1760. The third-order valence-corrected chi connectivity index (χ3v) is 11.0. The van der Waals surface area contributed by atoms with Crippen molar-refractivity contribution >= 4 is 61.2 Å². The third kappa shape index (κ3) is 4.92. The second-order valence-electron chi connectivity index (χ2n) is 10.5. The summed E-state index contributed by atoms with van der Waals surface area (Å²) in [5.74, 6) is 0.664. The first-order valence-electron chi connectivity index (χ1n) is 13.1. The van der Waals surface area contributed by atoms with E-state index in [1.165, 1.54) is 39.7 Å². The average molecular weight is 609 g/mol. The molecule has 14 heteroatoms. The molecular weight excluding hydrogens is 581 g/mol. The van der Waals surface area contributed by atoms with Crippen molar-refractivity contribution in [2.75, 3.05) is 36.6 Å². The minimum atomic E-state index is -3.87. The third-order valence-electron chi connectivity index (χ3n) is 8.07. The van der Waals surface area contributed by atoms with E-state index in [2.05, 4.69) is 30.6 Å². The molecule has 1 aliphatic heterocycles. The van der Waals surface area contributed by atoms with Gasteiger partial charge in [-0.1, -0.05) is 29.5 Å². The van der Waals surface area contributed by atoms with E-state index in [4.69, 9.17) is 0 Å². The Morgan fingerprint density at radius 1 is 1.20 bits per heavy atom. The number of carbonyl (C=O) groups is 1. The molecule has 41 heavy (non-hydrogen) atoms. The number of amides is 2. The lowest BCUT2D eigenvalue weighted by molar-refractivity contribution is 0.218. The average Bonchev–Trinajstić information content (AvgIpc) is 3.75. The lowest BCUT2D eigenvalue weighted by Crippen LogP contribution is -2.36. The van der Waals surface area contributed by atoms with Crippen molar-refractivity contribution in [3.63, 3.8) is 0 Å². The predicted molar refractivity (Wildman–Crippen MR) is 159 cm³/mol. The molecule has 1 N–H and O–H groups in total. The number of rotatable bonds is 6. The van der Waals surface area contributed by atoms with Crippen LogP contribution in [0.4, 0.5) is 15.6 Å². The van der Waals surface area contributed by atoms with E-state index >= 15 is 0 Å². The summed E-state index contributed by atoms with van der Waals surface area (Å²) < 4.78 is 32.3. The van der Waals surface area contributed by atoms with Crippen LogP contribution in [0.2, 0.25) is 0 Å². The molecule has 0 bridgehead atoms. The van der Waals surface area contributed by atoms with Crippen molar-refractivity contribution in [2.45, 2.75) is 35.9 Å². The molecule has 3 atom stereocenters. The maximum atomic E-state index is 13.5. The van der Waals surface area contributed by atoms with Gasteiger partial charge in [-0.05, 0) is 56.1 Å². The summed E-state index contributed by atoms with van der Waals surface area (Å²) in [5.41, 5.74) is 2.32. The molecule has 1 saturated carbocycles. The van der Waals surface area contributed by atoms with E-state index in [9.17, 15) is 18.5 Å². The lowest BCUT2D eigenvalue weighted by Gasteiger charge is -2.29. The molecule has 212 valence electrons. The molecule has 2 fully saturated rings. The number of nitrogens with zero attached hydrogens (tertiary/aromatic N) is 7. The zero-order valence-corrected chi connectivity index (χ0v) is 25.1. The Hall–Kier alpha value is -3.67. The van der Waals surface area contributed by atoms with E-state index in [-0.39, 0.29) is 22.6 Å². The van der Waals surface area contributed by atoms with Crippen LogP contribution in [-0.4, -0.2) is 70.1 Å². The number of aromatic nitrogens is 4. The number of aryl methyl sites for hydroxylation is 1. The van der Waals surface area contributed by atoms with Gasteiger partial charge in [0.25, 0.3) is 10.0 Å². The SMILES string of the molecule is CSc1nsc(NC(=O)N2C[C@H]3CC(N(C)c4c(C#N)cnc5c4ccn5S(=O)(=O)c4ccc(C)cc4)C[C@H]3C2)n1. The van der Waals surface area contributed by atoms with E-state index in [0.717, 1.165) is 18.4 Å². The number of urea groups is 1. The first-order valence-corrected chi connectivity index (χ1v) is 16.5. The number of thioether (sulfide) groups is 1. The number of nitriles is 1. The second kappa shape index (κ2) is 10.6. The monoisotopic (exact) mass is 608 g/mol. The van der Waals surface area contributed by atoms with Crippen molar-refractivity contribution in [2.24, 2.45) is 11.8 Å². The number of benzene rings is 1. The van der Waals surface area contributed by atoms with Gasteiger partial charge in [0, 0.05) is 55.5 Å². The highest BCUT2D eigenvalue weighted by molar-refractivity contribution is 7.98. The van der Waals surface area contributed by atoms with Gasteiger partial charge in [-0.25, -0.2) is 22.2 Å². The van der Waals surface area contributed by atoms with E-state index in [0.29, 0.717) is 51.9 Å². The fourth-order valence-corrected chi connectivity index (χ4v) is 8.39. The number of fused-ring (bicyclic) bond motifs is 2. The summed E-state index contributed by atoms with van der Waals surface area (Å²) >= 11 is 2.61. The van der Waals surface area contributed by atoms with E-state index in [1.54, 1.807) is 30.3 Å². The molecule has 1 aliphatic carbocycles. The summed E-state index contributed by atoms with van der Waals surface area (Å²) in [6, 6.07) is 10.6. The van der Waals surface area contributed by atoms with Gasteiger partial charge in [-0.15, -0.1) is 0 Å². The smallest absolute Gasteiger partial charge is 0.323 e. The number of nitrogens with one attached hydrogen (secondary N) is 1. The Kier molecular flexibility index (Phi) is 7.13. The number of carbonyl (C=O) groups excluding carboxylic acids is 1. The highest BCUT2D eigenvalue weighted by atomic mass is 32.2. The van der Waals surface area contributed by atoms with Gasteiger partial charge in [0.05, 0.1) is 16.1 Å². The minimum absolute atomic E-state index is 0.136. The maximum absolute atomic E-state index is 13.5. The Labute approximate surface area is 246 Å². The molecule has 0 radical (unpaired) electrons. The molecular formula is C27H28N8O3S3. The maximum Gasteiger partial charge on any atom is 0.323 e. The largest absolute Gasteiger partial charge is 0.370 e. The highest BCUT2D eigenvalue weighted by Gasteiger charge is 2.44. The van der Waals surface area contributed by atoms with Crippen LogP contribution in [0.5, 0.6) is 0 Å². The summed E-state index contributed by atoms with van der Waals surface area (Å²) in [7, 11) is -1.91. The molecule has 1 saturated heterocycles. The van der Waals surface area contributed by atoms with Gasteiger partial charge in [0.15, 0.2) is 5.65 Å². The number of hydrogen-bond acceptors (Lipinski definition) is 10. The van der Waals surface area contributed by atoms with Crippen molar-refractivity contribution in [3.8, 4) is 6.07 Å². The van der Waals surface area contributed by atoms with Crippen molar-refractivity contribution in [3.05, 3.63) is 53.9 Å². The van der Waals surface area contributed by atoms with Gasteiger partial charge in [0.1, 0.15) is 6.07 Å². The van der Waals surface area contributed by atoms with Crippen molar-refractivity contribution in [1.82, 2.24) is 23.2 Å². The molecule has 2 aliphatic rings. The predicted octanol–water partition coefficient (Wildman–Crippen LogP) is 4.41. The van der Waals surface area contributed by atoms with Gasteiger partial charge in [-0.2, -0.15) is 14.6 Å². The second-order valence-corrected chi connectivity index (χ2v) is 13.8. The molecule has 1 unspecified atom stereocenters. The van der Waals surface area contributed by atoms with Gasteiger partial charge in [-0.3, -0.25) is 5.32 Å². The van der Waals surface area contributed by atoms with Gasteiger partial charge >= 0.3 is 6.03 Å². The normalized spacial score (nSPS) is 20.2. The summed E-state index contributed by atoms with van der Waals surface area (Å²) in [6.45, 7) is 3.20. The first-order chi connectivity index (χ1) is 19.7. The lowest BCUT2D eigenvalue weighted by atomic mass is 10.0. The molecule has 4 heterocycles. The Morgan fingerprint density at radius 3 is 2.54 bits per heavy atom. The molecule has 2 amide bonds. The number of anilines is 2. The van der Waals surface area contributed by atoms with E-state index in [1.807, 2.05) is 25.1 Å². The fraction of sp³-hybridized carbons (Fsp3) is 0.370. The van der Waals surface area contributed by atoms with Crippen molar-refractivity contribution < 1.29 is 13.2 Å². The quantitative estimate of drug-likeness (QED) is 0.316. The van der Waals surface area contributed by atoms with Crippen LogP contribution in [0, 0.1) is 30.1 Å². The molecule has 1 aromatic carbocycles. The van der Waals surface area contributed by atoms with E-state index < -0.39 is 10.0 Å². The zero-order valence-electron chi connectivity index (χ0n) is 22.7. The van der Waals surface area contributed by atoms with Crippen LogP contribution < -0.4 is 10.2 Å². The molecule has 6 rings (SSSR count).